The number of rotatable bonds is 6. The second kappa shape index (κ2) is 7.28. The number of carboxylic acids is 1. The quantitative estimate of drug-likeness (QED) is 0.724. The lowest BCUT2D eigenvalue weighted by atomic mass is 10.1. The van der Waals surface area contributed by atoms with Crippen LogP contribution in [0.4, 0.5) is 0 Å². The van der Waals surface area contributed by atoms with Gasteiger partial charge in [-0.1, -0.05) is 0 Å². The summed E-state index contributed by atoms with van der Waals surface area (Å²) in [6, 6.07) is 5.67. The van der Waals surface area contributed by atoms with E-state index < -0.39 is 5.97 Å². The number of carbonyl (C=O) groups is 3. The molecule has 1 aromatic rings. The van der Waals surface area contributed by atoms with E-state index in [2.05, 4.69) is 10.6 Å². The van der Waals surface area contributed by atoms with Crippen molar-refractivity contribution >= 4 is 17.8 Å². The summed E-state index contributed by atoms with van der Waals surface area (Å²) < 4.78 is 0. The summed E-state index contributed by atoms with van der Waals surface area (Å²) in [6.07, 6.45) is 0.205. The van der Waals surface area contributed by atoms with E-state index in [1.165, 1.54) is 24.3 Å². The van der Waals surface area contributed by atoms with Gasteiger partial charge in [0, 0.05) is 24.6 Å². The van der Waals surface area contributed by atoms with Crippen LogP contribution >= 0.6 is 0 Å². The topological polar surface area (TPSA) is 95.5 Å². The van der Waals surface area contributed by atoms with E-state index in [1.807, 2.05) is 13.8 Å². The molecule has 0 saturated heterocycles. The SMILES string of the molecule is CC(C)NC(=O)CCNC(=O)c1ccc(C(=O)O)cc1. The molecule has 0 aliphatic rings. The Balaban J connectivity index is 2.43. The molecule has 1 rings (SSSR count). The molecule has 0 atom stereocenters. The number of carboxylic acid groups (broad SMARTS) is 1. The second-order valence-corrected chi connectivity index (χ2v) is 4.61. The Morgan fingerprint density at radius 2 is 1.65 bits per heavy atom. The van der Waals surface area contributed by atoms with E-state index in [9.17, 15) is 14.4 Å². The number of hydrogen-bond acceptors (Lipinski definition) is 3. The van der Waals surface area contributed by atoms with Crippen molar-refractivity contribution in [2.75, 3.05) is 6.54 Å². The van der Waals surface area contributed by atoms with Crippen LogP contribution < -0.4 is 10.6 Å². The summed E-state index contributed by atoms with van der Waals surface area (Å²) >= 11 is 0. The zero-order valence-electron chi connectivity index (χ0n) is 11.5. The minimum Gasteiger partial charge on any atom is -0.478 e. The maximum atomic E-state index is 11.7. The van der Waals surface area contributed by atoms with Gasteiger partial charge in [0.1, 0.15) is 0 Å². The molecule has 0 heterocycles. The lowest BCUT2D eigenvalue weighted by Gasteiger charge is -2.09. The van der Waals surface area contributed by atoms with Gasteiger partial charge in [-0.15, -0.1) is 0 Å². The molecular weight excluding hydrogens is 260 g/mol. The number of amides is 2. The van der Waals surface area contributed by atoms with Crippen LogP contribution in [0, 0.1) is 0 Å². The van der Waals surface area contributed by atoms with Crippen LogP contribution in [0.15, 0.2) is 24.3 Å². The van der Waals surface area contributed by atoms with E-state index in [0.29, 0.717) is 5.56 Å². The molecule has 6 heteroatoms. The zero-order valence-corrected chi connectivity index (χ0v) is 11.5. The first-order valence-corrected chi connectivity index (χ1v) is 6.31. The summed E-state index contributed by atoms with van der Waals surface area (Å²) in [6.45, 7) is 3.96. The summed E-state index contributed by atoms with van der Waals surface area (Å²) in [5, 5.41) is 14.1. The molecule has 0 saturated carbocycles. The monoisotopic (exact) mass is 278 g/mol. The minimum absolute atomic E-state index is 0.0711. The first kappa shape index (κ1) is 15.7. The van der Waals surface area contributed by atoms with Crippen LogP contribution in [0.5, 0.6) is 0 Å². The van der Waals surface area contributed by atoms with E-state index in [0.717, 1.165) is 0 Å². The first-order valence-electron chi connectivity index (χ1n) is 6.31. The number of carbonyl (C=O) groups excluding carboxylic acids is 2. The fourth-order valence-electron chi connectivity index (χ4n) is 1.55. The Kier molecular flexibility index (Phi) is 5.71. The molecule has 2 amide bonds. The third-order valence-corrected chi connectivity index (χ3v) is 2.48. The van der Waals surface area contributed by atoms with Crippen molar-refractivity contribution in [2.24, 2.45) is 0 Å². The molecule has 3 N–H and O–H groups in total. The van der Waals surface area contributed by atoms with Crippen molar-refractivity contribution in [3.63, 3.8) is 0 Å². The van der Waals surface area contributed by atoms with Crippen molar-refractivity contribution < 1.29 is 19.5 Å². The van der Waals surface area contributed by atoms with Crippen molar-refractivity contribution in [1.29, 1.82) is 0 Å². The average molecular weight is 278 g/mol. The van der Waals surface area contributed by atoms with Gasteiger partial charge in [-0.05, 0) is 38.1 Å². The molecule has 0 fully saturated rings. The van der Waals surface area contributed by atoms with Gasteiger partial charge in [0.05, 0.1) is 5.56 Å². The number of aromatic carboxylic acids is 1. The lowest BCUT2D eigenvalue weighted by molar-refractivity contribution is -0.121. The Morgan fingerprint density at radius 1 is 1.10 bits per heavy atom. The van der Waals surface area contributed by atoms with Crippen LogP contribution in [0.25, 0.3) is 0 Å². The summed E-state index contributed by atoms with van der Waals surface area (Å²) in [4.78, 5) is 33.8. The van der Waals surface area contributed by atoms with E-state index >= 15 is 0 Å². The standard InChI is InChI=1S/C14H18N2O4/c1-9(2)16-12(17)7-8-15-13(18)10-3-5-11(6-4-10)14(19)20/h3-6,9H,7-8H2,1-2H3,(H,15,18)(H,16,17)(H,19,20). The Morgan fingerprint density at radius 3 is 2.15 bits per heavy atom. The van der Waals surface area contributed by atoms with Gasteiger partial charge in [0.2, 0.25) is 5.91 Å². The Hall–Kier alpha value is -2.37. The van der Waals surface area contributed by atoms with Gasteiger partial charge in [-0.2, -0.15) is 0 Å². The minimum atomic E-state index is -1.04. The molecule has 0 spiro atoms. The fourth-order valence-corrected chi connectivity index (χ4v) is 1.55. The number of benzene rings is 1. The highest BCUT2D eigenvalue weighted by atomic mass is 16.4. The molecule has 0 unspecified atom stereocenters. The summed E-state index contributed by atoms with van der Waals surface area (Å²) in [7, 11) is 0. The van der Waals surface area contributed by atoms with Crippen molar-refractivity contribution in [1.82, 2.24) is 10.6 Å². The number of nitrogens with one attached hydrogen (secondary N) is 2. The molecule has 0 aliphatic heterocycles. The molecule has 6 nitrogen and oxygen atoms in total. The van der Waals surface area contributed by atoms with E-state index in [1.54, 1.807) is 0 Å². The highest BCUT2D eigenvalue weighted by Crippen LogP contribution is 2.04. The summed E-state index contributed by atoms with van der Waals surface area (Å²) in [5.41, 5.74) is 0.483. The molecule has 0 bridgehead atoms. The van der Waals surface area contributed by atoms with Gasteiger partial charge in [-0.3, -0.25) is 9.59 Å². The van der Waals surface area contributed by atoms with Gasteiger partial charge < -0.3 is 15.7 Å². The zero-order chi connectivity index (χ0) is 15.1. The molecule has 0 aliphatic carbocycles. The second-order valence-electron chi connectivity index (χ2n) is 4.61. The molecule has 1 aromatic carbocycles. The molecule has 0 radical (unpaired) electrons. The van der Waals surface area contributed by atoms with Gasteiger partial charge in [-0.25, -0.2) is 4.79 Å². The first-order chi connectivity index (χ1) is 9.40. The van der Waals surface area contributed by atoms with Crippen LogP contribution in [-0.4, -0.2) is 35.5 Å². The summed E-state index contributed by atoms with van der Waals surface area (Å²) in [5.74, 6) is -1.50. The molecule has 20 heavy (non-hydrogen) atoms. The predicted octanol–water partition coefficient (Wildman–Crippen LogP) is 1.03. The number of hydrogen-bond donors (Lipinski definition) is 3. The van der Waals surface area contributed by atoms with Crippen molar-refractivity contribution in [3.05, 3.63) is 35.4 Å². The van der Waals surface area contributed by atoms with Crippen molar-refractivity contribution in [2.45, 2.75) is 26.3 Å². The Labute approximate surface area is 117 Å². The fraction of sp³-hybridized carbons (Fsp3) is 0.357. The third kappa shape index (κ3) is 5.09. The van der Waals surface area contributed by atoms with Gasteiger partial charge in [0.25, 0.3) is 5.91 Å². The smallest absolute Gasteiger partial charge is 0.335 e. The van der Waals surface area contributed by atoms with Gasteiger partial charge in [0.15, 0.2) is 0 Å². The van der Waals surface area contributed by atoms with E-state index in [-0.39, 0.29) is 36.4 Å². The third-order valence-electron chi connectivity index (χ3n) is 2.48. The maximum Gasteiger partial charge on any atom is 0.335 e. The molecule has 108 valence electrons. The van der Waals surface area contributed by atoms with Crippen molar-refractivity contribution in [3.8, 4) is 0 Å². The average Bonchev–Trinajstić information content (AvgIpc) is 2.37. The predicted molar refractivity (Wildman–Crippen MR) is 73.6 cm³/mol. The maximum absolute atomic E-state index is 11.7. The lowest BCUT2D eigenvalue weighted by Crippen LogP contribution is -2.34. The highest BCUT2D eigenvalue weighted by Gasteiger charge is 2.08. The normalized spacial score (nSPS) is 10.2. The molecule has 0 aromatic heterocycles. The van der Waals surface area contributed by atoms with Crippen LogP contribution in [0.1, 0.15) is 41.0 Å². The molecular formula is C14H18N2O4. The van der Waals surface area contributed by atoms with Crippen LogP contribution in [0.3, 0.4) is 0 Å². The van der Waals surface area contributed by atoms with Crippen LogP contribution in [0.2, 0.25) is 0 Å². The van der Waals surface area contributed by atoms with E-state index in [4.69, 9.17) is 5.11 Å². The van der Waals surface area contributed by atoms with Crippen LogP contribution in [-0.2, 0) is 4.79 Å². The largest absolute Gasteiger partial charge is 0.478 e. The Bertz CT molecular complexity index is 494. The highest BCUT2D eigenvalue weighted by molar-refractivity contribution is 5.96. The van der Waals surface area contributed by atoms with Gasteiger partial charge >= 0.3 is 5.97 Å².